The highest BCUT2D eigenvalue weighted by Gasteiger charge is 2.18. The smallest absolute Gasteiger partial charge is 0.233 e. The van der Waals surface area contributed by atoms with Gasteiger partial charge in [-0.25, -0.2) is 0 Å². The molecule has 0 saturated carbocycles. The standard InChI is InChI=1S/C23H28N4O3S2/c1-6-17-9-7-8-14(2)20(17)25-22-26-27-23(32-22)31-15(3)21(28)24-13-16-10-11-18(29-4)19(12-16)30-5/h7-12,15H,6,13H2,1-5H3,(H,24,28)(H,25,26). The topological polar surface area (TPSA) is 85.4 Å². The molecule has 32 heavy (non-hydrogen) atoms. The van der Waals surface area contributed by atoms with E-state index < -0.39 is 0 Å². The van der Waals surface area contributed by atoms with Gasteiger partial charge in [-0.2, -0.15) is 0 Å². The number of amides is 1. The summed E-state index contributed by atoms with van der Waals surface area (Å²) in [6.07, 6.45) is 0.932. The quantitative estimate of drug-likeness (QED) is 0.403. The largest absolute Gasteiger partial charge is 0.493 e. The summed E-state index contributed by atoms with van der Waals surface area (Å²) in [6.45, 7) is 6.46. The number of thioether (sulfide) groups is 1. The van der Waals surface area contributed by atoms with Crippen LogP contribution < -0.4 is 20.1 Å². The van der Waals surface area contributed by atoms with Crippen molar-refractivity contribution in [2.45, 2.75) is 43.3 Å². The van der Waals surface area contributed by atoms with Crippen molar-refractivity contribution in [3.63, 3.8) is 0 Å². The number of methoxy groups -OCH3 is 2. The summed E-state index contributed by atoms with van der Waals surface area (Å²) in [6, 6.07) is 11.8. The van der Waals surface area contributed by atoms with Crippen LogP contribution in [0, 0.1) is 6.92 Å². The highest BCUT2D eigenvalue weighted by atomic mass is 32.2. The summed E-state index contributed by atoms with van der Waals surface area (Å²) in [5.74, 6) is 1.22. The summed E-state index contributed by atoms with van der Waals surface area (Å²) in [4.78, 5) is 12.6. The van der Waals surface area contributed by atoms with Crippen LogP contribution in [0.5, 0.6) is 11.5 Å². The van der Waals surface area contributed by atoms with Crippen molar-refractivity contribution in [1.82, 2.24) is 15.5 Å². The van der Waals surface area contributed by atoms with Crippen LogP contribution in [-0.2, 0) is 17.8 Å². The number of para-hydroxylation sites is 1. The number of rotatable bonds is 10. The van der Waals surface area contributed by atoms with E-state index in [-0.39, 0.29) is 11.2 Å². The van der Waals surface area contributed by atoms with E-state index in [9.17, 15) is 4.79 Å². The van der Waals surface area contributed by atoms with E-state index in [0.29, 0.717) is 18.0 Å². The van der Waals surface area contributed by atoms with Gasteiger partial charge < -0.3 is 20.1 Å². The molecule has 3 aromatic rings. The number of carbonyl (C=O) groups is 1. The normalized spacial score (nSPS) is 11.7. The fraction of sp³-hybridized carbons (Fsp3) is 0.348. The Morgan fingerprint density at radius 2 is 1.94 bits per heavy atom. The van der Waals surface area contributed by atoms with E-state index in [0.717, 1.165) is 32.7 Å². The number of nitrogens with one attached hydrogen (secondary N) is 2. The maximum atomic E-state index is 12.6. The molecule has 0 aliphatic carbocycles. The van der Waals surface area contributed by atoms with Crippen LogP contribution >= 0.6 is 23.1 Å². The molecule has 0 radical (unpaired) electrons. The van der Waals surface area contributed by atoms with Gasteiger partial charge in [-0.05, 0) is 49.1 Å². The fourth-order valence-corrected chi connectivity index (χ4v) is 5.07. The molecule has 0 spiro atoms. The zero-order chi connectivity index (χ0) is 23.1. The molecule has 0 fully saturated rings. The van der Waals surface area contributed by atoms with Crippen LogP contribution in [0.2, 0.25) is 0 Å². The molecule has 1 heterocycles. The lowest BCUT2D eigenvalue weighted by Crippen LogP contribution is -2.30. The third-order valence-corrected chi connectivity index (χ3v) is 6.96. The Balaban J connectivity index is 1.57. The van der Waals surface area contributed by atoms with E-state index in [1.54, 1.807) is 14.2 Å². The van der Waals surface area contributed by atoms with Crippen LogP contribution in [0.1, 0.15) is 30.5 Å². The zero-order valence-corrected chi connectivity index (χ0v) is 20.5. The first kappa shape index (κ1) is 23.9. The maximum absolute atomic E-state index is 12.6. The van der Waals surface area contributed by atoms with Crippen LogP contribution in [0.4, 0.5) is 10.8 Å². The minimum absolute atomic E-state index is 0.0679. The van der Waals surface area contributed by atoms with Crippen LogP contribution in [0.3, 0.4) is 0 Å². The van der Waals surface area contributed by atoms with Crippen LogP contribution in [0.25, 0.3) is 0 Å². The lowest BCUT2D eigenvalue weighted by Gasteiger charge is -2.12. The first-order valence-electron chi connectivity index (χ1n) is 10.3. The number of carbonyl (C=O) groups excluding carboxylic acids is 1. The molecule has 0 aliphatic heterocycles. The van der Waals surface area contributed by atoms with Crippen molar-refractivity contribution in [3.05, 3.63) is 53.1 Å². The van der Waals surface area contributed by atoms with Crippen molar-refractivity contribution in [2.75, 3.05) is 19.5 Å². The van der Waals surface area contributed by atoms with Gasteiger partial charge in [-0.1, -0.05) is 54.3 Å². The van der Waals surface area contributed by atoms with Gasteiger partial charge in [0.1, 0.15) is 0 Å². The third-order valence-electron chi connectivity index (χ3n) is 4.94. The number of benzene rings is 2. The number of aromatic nitrogens is 2. The molecule has 2 aromatic carbocycles. The second-order valence-electron chi connectivity index (χ2n) is 7.13. The van der Waals surface area contributed by atoms with Gasteiger partial charge in [-0.15, -0.1) is 10.2 Å². The number of aryl methyl sites for hydroxylation is 2. The first-order valence-corrected chi connectivity index (χ1v) is 12.0. The predicted molar refractivity (Wildman–Crippen MR) is 130 cm³/mol. The minimum atomic E-state index is -0.305. The highest BCUT2D eigenvalue weighted by Crippen LogP contribution is 2.32. The van der Waals surface area contributed by atoms with Crippen molar-refractivity contribution in [1.29, 1.82) is 0 Å². The van der Waals surface area contributed by atoms with Gasteiger partial charge in [-0.3, -0.25) is 4.79 Å². The van der Waals surface area contributed by atoms with E-state index in [1.807, 2.05) is 25.1 Å². The molecule has 0 saturated heterocycles. The molecule has 7 nitrogen and oxygen atoms in total. The van der Waals surface area contributed by atoms with Gasteiger partial charge in [0.15, 0.2) is 15.8 Å². The summed E-state index contributed by atoms with van der Waals surface area (Å²) in [5, 5.41) is 15.3. The number of ether oxygens (including phenoxy) is 2. The van der Waals surface area contributed by atoms with Crippen LogP contribution in [-0.4, -0.2) is 35.6 Å². The Labute approximate surface area is 196 Å². The monoisotopic (exact) mass is 472 g/mol. The van der Waals surface area contributed by atoms with E-state index in [2.05, 4.69) is 52.9 Å². The molecular weight excluding hydrogens is 444 g/mol. The van der Waals surface area contributed by atoms with Gasteiger partial charge in [0.05, 0.1) is 19.5 Å². The molecule has 0 aliphatic rings. The molecular formula is C23H28N4O3S2. The summed E-state index contributed by atoms with van der Waals surface area (Å²) in [5.41, 5.74) is 4.40. The van der Waals surface area contributed by atoms with Gasteiger partial charge >= 0.3 is 0 Å². The minimum Gasteiger partial charge on any atom is -0.493 e. The Kier molecular flexibility index (Phi) is 8.35. The molecule has 1 aromatic heterocycles. The maximum Gasteiger partial charge on any atom is 0.233 e. The summed E-state index contributed by atoms with van der Waals surface area (Å²) >= 11 is 2.84. The molecule has 1 unspecified atom stereocenters. The molecule has 3 rings (SSSR count). The SMILES string of the molecule is CCc1cccc(C)c1Nc1nnc(SC(C)C(=O)NCc2ccc(OC)c(OC)c2)s1. The lowest BCUT2D eigenvalue weighted by molar-refractivity contribution is -0.120. The second-order valence-corrected chi connectivity index (χ2v) is 9.69. The van der Waals surface area contributed by atoms with Crippen LogP contribution in [0.15, 0.2) is 40.7 Å². The first-order chi connectivity index (χ1) is 15.4. The molecule has 170 valence electrons. The van der Waals surface area contributed by atoms with Gasteiger partial charge in [0.2, 0.25) is 11.0 Å². The van der Waals surface area contributed by atoms with Gasteiger partial charge in [0.25, 0.3) is 0 Å². The fourth-order valence-electron chi connectivity index (χ4n) is 3.15. The average molecular weight is 473 g/mol. The summed E-state index contributed by atoms with van der Waals surface area (Å²) < 4.78 is 11.3. The Bertz CT molecular complexity index is 1070. The molecule has 9 heteroatoms. The van der Waals surface area contributed by atoms with Crippen molar-refractivity contribution in [3.8, 4) is 11.5 Å². The Hall–Kier alpha value is -2.78. The van der Waals surface area contributed by atoms with Gasteiger partial charge in [0, 0.05) is 12.2 Å². The van der Waals surface area contributed by atoms with E-state index in [4.69, 9.17) is 9.47 Å². The molecule has 2 N–H and O–H groups in total. The Morgan fingerprint density at radius 3 is 2.66 bits per heavy atom. The lowest BCUT2D eigenvalue weighted by atomic mass is 10.1. The number of anilines is 2. The van der Waals surface area contributed by atoms with Crippen molar-refractivity contribution in [2.24, 2.45) is 0 Å². The highest BCUT2D eigenvalue weighted by molar-refractivity contribution is 8.02. The summed E-state index contributed by atoms with van der Waals surface area (Å²) in [7, 11) is 3.18. The number of hydrogen-bond donors (Lipinski definition) is 2. The molecule has 0 bridgehead atoms. The van der Waals surface area contributed by atoms with E-state index >= 15 is 0 Å². The molecule has 1 amide bonds. The second kappa shape index (κ2) is 11.2. The average Bonchev–Trinajstić information content (AvgIpc) is 3.25. The third kappa shape index (κ3) is 5.92. The molecule has 1 atom stereocenters. The predicted octanol–water partition coefficient (Wildman–Crippen LogP) is 4.97. The zero-order valence-electron chi connectivity index (χ0n) is 18.9. The van der Waals surface area contributed by atoms with Crippen molar-refractivity contribution >= 4 is 39.8 Å². The number of nitrogens with zero attached hydrogens (tertiary/aromatic N) is 2. The Morgan fingerprint density at radius 1 is 1.16 bits per heavy atom. The number of hydrogen-bond acceptors (Lipinski definition) is 8. The van der Waals surface area contributed by atoms with Crippen molar-refractivity contribution < 1.29 is 14.3 Å². The van der Waals surface area contributed by atoms with E-state index in [1.165, 1.54) is 28.7 Å².